The van der Waals surface area contributed by atoms with Crippen LogP contribution < -0.4 is 0 Å². The Morgan fingerprint density at radius 2 is 2.00 bits per heavy atom. The monoisotopic (exact) mass is 156 g/mol. The molecule has 0 aliphatic heterocycles. The maximum Gasteiger partial charge on any atom is 0.0719 e. The van der Waals surface area contributed by atoms with Crippen molar-refractivity contribution in [3.05, 3.63) is 11.6 Å². The van der Waals surface area contributed by atoms with E-state index < -0.39 is 0 Å². The van der Waals surface area contributed by atoms with Crippen molar-refractivity contribution in [2.75, 3.05) is 0 Å². The number of hydrogen-bond acceptors (Lipinski definition) is 1. The van der Waals surface area contributed by atoms with Gasteiger partial charge in [-0.2, -0.15) is 0 Å². The Kier molecular flexibility index (Phi) is 3.81. The highest BCUT2D eigenvalue weighted by molar-refractivity contribution is 5.08. The normalized spacial score (nSPS) is 16.7. The zero-order valence-corrected chi connectivity index (χ0v) is 8.31. The number of aliphatic hydroxyl groups is 1. The minimum atomic E-state index is -0.305. The van der Waals surface area contributed by atoms with E-state index in [4.69, 9.17) is 0 Å². The summed E-state index contributed by atoms with van der Waals surface area (Å²) in [5.41, 5.74) is 1.29. The third-order valence-corrected chi connectivity index (χ3v) is 2.19. The summed E-state index contributed by atoms with van der Waals surface area (Å²) < 4.78 is 0. The van der Waals surface area contributed by atoms with Crippen LogP contribution in [0, 0.1) is 5.41 Å². The molecular weight excluding hydrogens is 136 g/mol. The topological polar surface area (TPSA) is 20.2 Å². The van der Waals surface area contributed by atoms with E-state index in [-0.39, 0.29) is 11.5 Å². The van der Waals surface area contributed by atoms with Crippen LogP contribution in [0.3, 0.4) is 0 Å². The fourth-order valence-corrected chi connectivity index (χ4v) is 0.839. The van der Waals surface area contributed by atoms with E-state index in [0.29, 0.717) is 0 Å². The molecule has 1 heteroatoms. The molecule has 0 aliphatic carbocycles. The molecule has 0 heterocycles. The maximum absolute atomic E-state index is 9.21. The number of hydrogen-bond donors (Lipinski definition) is 1. The molecule has 0 spiro atoms. The van der Waals surface area contributed by atoms with Crippen LogP contribution in [0.15, 0.2) is 11.6 Å². The lowest BCUT2D eigenvalue weighted by molar-refractivity contribution is 0.229. The second kappa shape index (κ2) is 3.91. The van der Waals surface area contributed by atoms with Gasteiger partial charge in [0.25, 0.3) is 0 Å². The summed E-state index contributed by atoms with van der Waals surface area (Å²) in [4.78, 5) is 0. The van der Waals surface area contributed by atoms with Crippen LogP contribution in [-0.2, 0) is 0 Å². The Morgan fingerprint density at radius 1 is 1.55 bits per heavy atom. The SMILES string of the molecule is CCC(C)(C)/C=C(/C)C(C)O. The third kappa shape index (κ3) is 4.20. The van der Waals surface area contributed by atoms with Crippen molar-refractivity contribution in [1.29, 1.82) is 0 Å². The highest BCUT2D eigenvalue weighted by Crippen LogP contribution is 2.23. The Morgan fingerprint density at radius 3 is 2.27 bits per heavy atom. The first-order valence-electron chi connectivity index (χ1n) is 4.26. The summed E-state index contributed by atoms with van der Waals surface area (Å²) in [7, 11) is 0. The van der Waals surface area contributed by atoms with Crippen molar-refractivity contribution < 1.29 is 5.11 Å². The molecule has 0 saturated heterocycles. The predicted molar refractivity (Wildman–Crippen MR) is 49.5 cm³/mol. The average Bonchev–Trinajstić information content (AvgIpc) is 1.87. The molecule has 0 aromatic heterocycles. The van der Waals surface area contributed by atoms with Gasteiger partial charge in [-0.15, -0.1) is 0 Å². The maximum atomic E-state index is 9.21. The van der Waals surface area contributed by atoms with Crippen molar-refractivity contribution in [2.45, 2.75) is 47.1 Å². The van der Waals surface area contributed by atoms with Crippen LogP contribution in [0.1, 0.15) is 41.0 Å². The quantitative estimate of drug-likeness (QED) is 0.623. The first kappa shape index (κ1) is 10.7. The smallest absolute Gasteiger partial charge is 0.0719 e. The van der Waals surface area contributed by atoms with E-state index in [1.807, 2.05) is 6.92 Å². The predicted octanol–water partition coefficient (Wildman–Crippen LogP) is 2.75. The Balaban J connectivity index is 4.29. The van der Waals surface area contributed by atoms with E-state index in [2.05, 4.69) is 26.8 Å². The molecule has 0 amide bonds. The Labute approximate surface area is 70.1 Å². The van der Waals surface area contributed by atoms with Gasteiger partial charge in [0, 0.05) is 0 Å². The van der Waals surface area contributed by atoms with Crippen LogP contribution in [-0.4, -0.2) is 11.2 Å². The Bertz CT molecular complexity index is 143. The van der Waals surface area contributed by atoms with Crippen LogP contribution >= 0.6 is 0 Å². The van der Waals surface area contributed by atoms with E-state index in [1.165, 1.54) is 0 Å². The average molecular weight is 156 g/mol. The zero-order chi connectivity index (χ0) is 9.07. The van der Waals surface area contributed by atoms with E-state index in [0.717, 1.165) is 12.0 Å². The molecule has 0 aromatic carbocycles. The van der Waals surface area contributed by atoms with E-state index in [9.17, 15) is 5.11 Å². The minimum Gasteiger partial charge on any atom is -0.389 e. The van der Waals surface area contributed by atoms with Gasteiger partial charge in [-0.05, 0) is 31.3 Å². The third-order valence-electron chi connectivity index (χ3n) is 2.19. The molecule has 0 saturated carbocycles. The van der Waals surface area contributed by atoms with Gasteiger partial charge in [-0.1, -0.05) is 26.8 Å². The summed E-state index contributed by atoms with van der Waals surface area (Å²) in [6, 6.07) is 0. The van der Waals surface area contributed by atoms with Crippen LogP contribution in [0.25, 0.3) is 0 Å². The second-order valence-electron chi connectivity index (χ2n) is 3.91. The first-order chi connectivity index (χ1) is 4.89. The van der Waals surface area contributed by atoms with Gasteiger partial charge in [-0.3, -0.25) is 0 Å². The first-order valence-corrected chi connectivity index (χ1v) is 4.26. The fraction of sp³-hybridized carbons (Fsp3) is 0.800. The van der Waals surface area contributed by atoms with Crippen LogP contribution in [0.2, 0.25) is 0 Å². The molecule has 66 valence electrons. The largest absolute Gasteiger partial charge is 0.389 e. The highest BCUT2D eigenvalue weighted by atomic mass is 16.3. The van der Waals surface area contributed by atoms with Gasteiger partial charge >= 0.3 is 0 Å². The van der Waals surface area contributed by atoms with Crippen molar-refractivity contribution in [3.63, 3.8) is 0 Å². The molecule has 0 aromatic rings. The van der Waals surface area contributed by atoms with E-state index >= 15 is 0 Å². The molecule has 0 aliphatic rings. The van der Waals surface area contributed by atoms with Crippen LogP contribution in [0.5, 0.6) is 0 Å². The molecule has 1 atom stereocenters. The molecule has 1 nitrogen and oxygen atoms in total. The lowest BCUT2D eigenvalue weighted by atomic mass is 9.87. The van der Waals surface area contributed by atoms with Crippen LogP contribution in [0.4, 0.5) is 0 Å². The molecule has 0 rings (SSSR count). The fourth-order valence-electron chi connectivity index (χ4n) is 0.839. The van der Waals surface area contributed by atoms with Gasteiger partial charge in [0.05, 0.1) is 6.10 Å². The van der Waals surface area contributed by atoms with Crippen molar-refractivity contribution in [1.82, 2.24) is 0 Å². The second-order valence-corrected chi connectivity index (χ2v) is 3.91. The van der Waals surface area contributed by atoms with Gasteiger partial charge in [0.1, 0.15) is 0 Å². The minimum absolute atomic E-state index is 0.223. The highest BCUT2D eigenvalue weighted by Gasteiger charge is 2.12. The van der Waals surface area contributed by atoms with Gasteiger partial charge in [-0.25, -0.2) is 0 Å². The molecule has 0 radical (unpaired) electrons. The molecule has 1 unspecified atom stereocenters. The lowest BCUT2D eigenvalue weighted by Crippen LogP contribution is -2.10. The van der Waals surface area contributed by atoms with Gasteiger partial charge in [0.2, 0.25) is 0 Å². The number of allylic oxidation sites excluding steroid dienone is 1. The number of rotatable bonds is 3. The van der Waals surface area contributed by atoms with Crippen molar-refractivity contribution in [2.24, 2.45) is 5.41 Å². The van der Waals surface area contributed by atoms with Gasteiger partial charge in [0.15, 0.2) is 0 Å². The summed E-state index contributed by atoms with van der Waals surface area (Å²) >= 11 is 0. The number of aliphatic hydroxyl groups excluding tert-OH is 1. The molecular formula is C10H20O. The lowest BCUT2D eigenvalue weighted by Gasteiger charge is -2.19. The van der Waals surface area contributed by atoms with Crippen molar-refractivity contribution >= 4 is 0 Å². The molecule has 11 heavy (non-hydrogen) atoms. The molecule has 0 fully saturated rings. The van der Waals surface area contributed by atoms with Gasteiger partial charge < -0.3 is 5.11 Å². The Hall–Kier alpha value is -0.300. The standard InChI is InChI=1S/C10H20O/c1-6-10(4,5)7-8(2)9(3)11/h7,9,11H,6H2,1-5H3/b8-7-. The van der Waals surface area contributed by atoms with E-state index in [1.54, 1.807) is 6.92 Å². The summed E-state index contributed by atoms with van der Waals surface area (Å²) in [5.74, 6) is 0. The summed E-state index contributed by atoms with van der Waals surface area (Å²) in [5, 5.41) is 9.21. The zero-order valence-electron chi connectivity index (χ0n) is 8.31. The summed E-state index contributed by atoms with van der Waals surface area (Å²) in [6.45, 7) is 10.3. The summed E-state index contributed by atoms with van der Waals surface area (Å²) in [6.07, 6.45) is 2.95. The molecule has 0 bridgehead atoms. The molecule has 1 N–H and O–H groups in total. The van der Waals surface area contributed by atoms with Crippen molar-refractivity contribution in [3.8, 4) is 0 Å².